The zero-order valence-electron chi connectivity index (χ0n) is 8.95. The van der Waals surface area contributed by atoms with E-state index in [1.54, 1.807) is 0 Å². The van der Waals surface area contributed by atoms with Crippen LogP contribution in [0.4, 0.5) is 0 Å². The van der Waals surface area contributed by atoms with E-state index in [1.165, 1.54) is 7.11 Å². The van der Waals surface area contributed by atoms with E-state index in [4.69, 9.17) is 5.26 Å². The van der Waals surface area contributed by atoms with Gasteiger partial charge in [-0.05, 0) is 19.5 Å². The van der Waals surface area contributed by atoms with Gasteiger partial charge in [0.15, 0.2) is 0 Å². The van der Waals surface area contributed by atoms with Crippen molar-refractivity contribution in [2.24, 2.45) is 0 Å². The van der Waals surface area contributed by atoms with Crippen molar-refractivity contribution in [3.63, 3.8) is 0 Å². The number of nitriles is 1. The van der Waals surface area contributed by atoms with Crippen LogP contribution in [0.1, 0.15) is 26.2 Å². The molecule has 0 atom stereocenters. The van der Waals surface area contributed by atoms with Crippen LogP contribution in [-0.2, 0) is 9.53 Å². The van der Waals surface area contributed by atoms with Gasteiger partial charge >= 0.3 is 5.97 Å². The molecule has 0 aliphatic heterocycles. The molecule has 0 amide bonds. The molecule has 0 aliphatic carbocycles. The van der Waals surface area contributed by atoms with E-state index < -0.39 is 0 Å². The first kappa shape index (κ1) is 12.9. The molecule has 0 aromatic rings. The molecule has 0 bridgehead atoms. The second-order valence-corrected chi connectivity index (χ2v) is 3.02. The Kier molecular flexibility index (Phi) is 7.86. The maximum absolute atomic E-state index is 10.8. The lowest BCUT2D eigenvalue weighted by atomic mass is 10.3. The summed E-state index contributed by atoms with van der Waals surface area (Å²) in [4.78, 5) is 13.0. The molecule has 14 heavy (non-hydrogen) atoms. The molecule has 0 heterocycles. The van der Waals surface area contributed by atoms with Crippen molar-refractivity contribution < 1.29 is 9.53 Å². The molecule has 4 heteroatoms. The quantitative estimate of drug-likeness (QED) is 0.576. The zero-order chi connectivity index (χ0) is 10.8. The van der Waals surface area contributed by atoms with Crippen LogP contribution in [0.15, 0.2) is 0 Å². The average molecular weight is 198 g/mol. The first-order valence-electron chi connectivity index (χ1n) is 4.90. The molecule has 0 aromatic heterocycles. The molecular formula is C10H18N2O2. The van der Waals surface area contributed by atoms with Crippen molar-refractivity contribution in [1.29, 1.82) is 5.26 Å². The minimum absolute atomic E-state index is 0.165. The molecule has 0 unspecified atom stereocenters. The SMILES string of the molecule is CCN(CCC#N)CCCC(=O)OC. The highest BCUT2D eigenvalue weighted by atomic mass is 16.5. The number of rotatable bonds is 7. The van der Waals surface area contributed by atoms with Gasteiger partial charge in [-0.25, -0.2) is 0 Å². The van der Waals surface area contributed by atoms with E-state index in [2.05, 4.69) is 22.6 Å². The Labute approximate surface area is 85.5 Å². The fraction of sp³-hybridized carbons (Fsp3) is 0.800. The highest BCUT2D eigenvalue weighted by Crippen LogP contribution is 1.97. The van der Waals surface area contributed by atoms with Gasteiger partial charge in [-0.15, -0.1) is 0 Å². The van der Waals surface area contributed by atoms with Gasteiger partial charge in [-0.3, -0.25) is 4.79 Å². The Hall–Kier alpha value is -1.08. The maximum atomic E-state index is 10.8. The third-order valence-corrected chi connectivity index (χ3v) is 2.07. The van der Waals surface area contributed by atoms with E-state index in [0.29, 0.717) is 12.8 Å². The third kappa shape index (κ3) is 6.44. The number of methoxy groups -OCH3 is 1. The standard InChI is InChI=1S/C10H18N2O2/c1-3-12(9-5-7-11)8-4-6-10(13)14-2/h3-6,8-9H2,1-2H3. The van der Waals surface area contributed by atoms with E-state index in [9.17, 15) is 4.79 Å². The second kappa shape index (κ2) is 8.52. The molecule has 4 nitrogen and oxygen atoms in total. The molecule has 0 aromatic carbocycles. The highest BCUT2D eigenvalue weighted by molar-refractivity contribution is 5.69. The largest absolute Gasteiger partial charge is 0.469 e. The van der Waals surface area contributed by atoms with Crippen molar-refractivity contribution in [1.82, 2.24) is 4.90 Å². The van der Waals surface area contributed by atoms with Gasteiger partial charge in [0.1, 0.15) is 0 Å². The normalized spacial score (nSPS) is 9.86. The summed E-state index contributed by atoms with van der Waals surface area (Å²) in [7, 11) is 1.40. The molecule has 0 aliphatic rings. The van der Waals surface area contributed by atoms with Gasteiger partial charge in [-0.2, -0.15) is 5.26 Å². The summed E-state index contributed by atoms with van der Waals surface area (Å²) in [5.41, 5.74) is 0. The van der Waals surface area contributed by atoms with Crippen LogP contribution >= 0.6 is 0 Å². The van der Waals surface area contributed by atoms with E-state index in [-0.39, 0.29) is 5.97 Å². The molecule has 0 radical (unpaired) electrons. The molecule has 0 spiro atoms. The van der Waals surface area contributed by atoms with Crippen LogP contribution in [0.3, 0.4) is 0 Å². The fourth-order valence-corrected chi connectivity index (χ4v) is 1.19. The van der Waals surface area contributed by atoms with E-state index in [1.807, 2.05) is 0 Å². The van der Waals surface area contributed by atoms with Crippen molar-refractivity contribution >= 4 is 5.97 Å². The Balaban J connectivity index is 3.52. The van der Waals surface area contributed by atoms with Crippen molar-refractivity contribution in [3.05, 3.63) is 0 Å². The van der Waals surface area contributed by atoms with Crippen molar-refractivity contribution in [3.8, 4) is 6.07 Å². The third-order valence-electron chi connectivity index (χ3n) is 2.07. The Bertz CT molecular complexity index is 199. The Morgan fingerprint density at radius 3 is 2.71 bits per heavy atom. The smallest absolute Gasteiger partial charge is 0.305 e. The molecule has 0 N–H and O–H groups in total. The van der Waals surface area contributed by atoms with Crippen molar-refractivity contribution in [2.45, 2.75) is 26.2 Å². The summed E-state index contributed by atoms with van der Waals surface area (Å²) in [6.07, 6.45) is 1.80. The number of ether oxygens (including phenoxy) is 1. The summed E-state index contributed by atoms with van der Waals surface area (Å²) in [5, 5.41) is 8.41. The molecule has 80 valence electrons. The van der Waals surface area contributed by atoms with Crippen LogP contribution in [0.2, 0.25) is 0 Å². The monoisotopic (exact) mass is 198 g/mol. The number of nitrogens with zero attached hydrogens (tertiary/aromatic N) is 2. The van der Waals surface area contributed by atoms with Gasteiger partial charge in [0.05, 0.1) is 13.2 Å². The summed E-state index contributed by atoms with van der Waals surface area (Å²) in [5.74, 6) is -0.165. The summed E-state index contributed by atoms with van der Waals surface area (Å²) < 4.78 is 4.54. The van der Waals surface area contributed by atoms with Gasteiger partial charge in [0.25, 0.3) is 0 Å². The average Bonchev–Trinajstić information content (AvgIpc) is 2.22. The van der Waals surface area contributed by atoms with E-state index >= 15 is 0 Å². The number of carbonyl (C=O) groups excluding carboxylic acids is 1. The van der Waals surface area contributed by atoms with Crippen LogP contribution in [0, 0.1) is 11.3 Å². The molecule has 0 rings (SSSR count). The second-order valence-electron chi connectivity index (χ2n) is 3.02. The predicted octanol–water partition coefficient (Wildman–Crippen LogP) is 1.18. The molecule has 0 saturated carbocycles. The summed E-state index contributed by atoms with van der Waals surface area (Å²) in [6, 6.07) is 2.11. The number of esters is 1. The van der Waals surface area contributed by atoms with Gasteiger partial charge in [0.2, 0.25) is 0 Å². The first-order valence-corrected chi connectivity index (χ1v) is 4.90. The minimum atomic E-state index is -0.165. The lowest BCUT2D eigenvalue weighted by Gasteiger charge is -2.17. The highest BCUT2D eigenvalue weighted by Gasteiger charge is 2.04. The molecular weight excluding hydrogens is 180 g/mol. The van der Waals surface area contributed by atoms with Crippen LogP contribution in [0.25, 0.3) is 0 Å². The minimum Gasteiger partial charge on any atom is -0.469 e. The zero-order valence-corrected chi connectivity index (χ0v) is 8.95. The maximum Gasteiger partial charge on any atom is 0.305 e. The van der Waals surface area contributed by atoms with Crippen LogP contribution in [0.5, 0.6) is 0 Å². The Morgan fingerprint density at radius 1 is 1.50 bits per heavy atom. The molecule has 0 saturated heterocycles. The molecule has 0 fully saturated rings. The number of carbonyl (C=O) groups is 1. The summed E-state index contributed by atoms with van der Waals surface area (Å²) in [6.45, 7) is 4.61. The van der Waals surface area contributed by atoms with E-state index in [0.717, 1.165) is 26.1 Å². The Morgan fingerprint density at radius 2 is 2.21 bits per heavy atom. The lowest BCUT2D eigenvalue weighted by molar-refractivity contribution is -0.140. The fourth-order valence-electron chi connectivity index (χ4n) is 1.19. The lowest BCUT2D eigenvalue weighted by Crippen LogP contribution is -2.26. The topological polar surface area (TPSA) is 53.3 Å². The summed E-state index contributed by atoms with van der Waals surface area (Å²) >= 11 is 0. The number of hydrogen-bond acceptors (Lipinski definition) is 4. The first-order chi connectivity index (χ1) is 6.74. The van der Waals surface area contributed by atoms with Crippen LogP contribution < -0.4 is 0 Å². The van der Waals surface area contributed by atoms with Crippen molar-refractivity contribution in [2.75, 3.05) is 26.7 Å². The van der Waals surface area contributed by atoms with Gasteiger partial charge in [-0.1, -0.05) is 6.92 Å². The number of hydrogen-bond donors (Lipinski definition) is 0. The van der Waals surface area contributed by atoms with Gasteiger partial charge in [0, 0.05) is 19.4 Å². The predicted molar refractivity (Wildman–Crippen MR) is 53.6 cm³/mol. The van der Waals surface area contributed by atoms with Crippen LogP contribution in [-0.4, -0.2) is 37.6 Å². The van der Waals surface area contributed by atoms with Gasteiger partial charge < -0.3 is 9.64 Å².